The van der Waals surface area contributed by atoms with Crippen LogP contribution in [0.15, 0.2) is 24.3 Å². The van der Waals surface area contributed by atoms with E-state index in [0.29, 0.717) is 11.1 Å². The average Bonchev–Trinajstić information content (AvgIpc) is 2.27. The third kappa shape index (κ3) is 4.05. The van der Waals surface area contributed by atoms with Crippen LogP contribution in [0.25, 0.3) is 0 Å². The van der Waals surface area contributed by atoms with Gasteiger partial charge in [0.15, 0.2) is 11.6 Å². The molecule has 94 valence electrons. The lowest BCUT2D eigenvalue weighted by Crippen LogP contribution is -2.11. The maximum atomic E-state index is 11.7. The molecule has 0 aliphatic rings. The van der Waals surface area contributed by atoms with Crippen LogP contribution in [0, 0.1) is 0 Å². The molecule has 0 saturated carbocycles. The van der Waals surface area contributed by atoms with Crippen LogP contribution >= 0.6 is 0 Å². The van der Waals surface area contributed by atoms with E-state index in [-0.39, 0.29) is 36.0 Å². The molecule has 18 heavy (non-hydrogen) atoms. The van der Waals surface area contributed by atoms with Crippen LogP contribution in [0.2, 0.25) is 0 Å². The van der Waals surface area contributed by atoms with Gasteiger partial charge in [0.2, 0.25) is 0 Å². The fraction of sp³-hybridized carbons (Fsp3) is 0.286. The molecule has 0 spiro atoms. The number of ketones is 4. The molecule has 0 saturated heterocycles. The van der Waals surface area contributed by atoms with Crippen LogP contribution < -0.4 is 0 Å². The molecule has 0 aliphatic heterocycles. The van der Waals surface area contributed by atoms with Gasteiger partial charge in [-0.05, 0) is 13.8 Å². The number of carbonyl (C=O) groups excluding carboxylic acids is 4. The second-order valence-electron chi connectivity index (χ2n) is 4.15. The lowest BCUT2D eigenvalue weighted by molar-refractivity contribution is -0.125. The summed E-state index contributed by atoms with van der Waals surface area (Å²) in [6.07, 6.45) is -0.490. The Morgan fingerprint density at radius 3 is 1.78 bits per heavy atom. The second kappa shape index (κ2) is 6.00. The monoisotopic (exact) mass is 246 g/mol. The van der Waals surface area contributed by atoms with Crippen molar-refractivity contribution in [1.82, 2.24) is 0 Å². The van der Waals surface area contributed by atoms with Gasteiger partial charge in [0, 0.05) is 11.1 Å². The molecule has 4 heteroatoms. The summed E-state index contributed by atoms with van der Waals surface area (Å²) < 4.78 is 0. The number of hydrogen-bond donors (Lipinski definition) is 0. The minimum absolute atomic E-state index is 0.0818. The van der Waals surface area contributed by atoms with Crippen LogP contribution in [0.1, 0.15) is 47.4 Å². The van der Waals surface area contributed by atoms with E-state index in [0.717, 1.165) is 0 Å². The fourth-order valence-electron chi connectivity index (χ4n) is 1.51. The Balaban J connectivity index is 2.70. The summed E-state index contributed by atoms with van der Waals surface area (Å²) in [5, 5.41) is 0. The van der Waals surface area contributed by atoms with Crippen LogP contribution in [0.4, 0.5) is 0 Å². The molecule has 0 aromatic heterocycles. The van der Waals surface area contributed by atoms with E-state index in [9.17, 15) is 19.2 Å². The first-order chi connectivity index (χ1) is 8.40. The number of Topliss-reactive ketones (excluding diaryl/α,β-unsaturated/α-hetero) is 4. The van der Waals surface area contributed by atoms with Crippen molar-refractivity contribution >= 4 is 23.1 Å². The molecular formula is C14H14O4. The van der Waals surface area contributed by atoms with Crippen molar-refractivity contribution in [2.75, 3.05) is 0 Å². The van der Waals surface area contributed by atoms with Crippen LogP contribution in [0.5, 0.6) is 0 Å². The second-order valence-corrected chi connectivity index (χ2v) is 4.15. The summed E-state index contributed by atoms with van der Waals surface area (Å²) in [5.41, 5.74) is 0.888. The van der Waals surface area contributed by atoms with E-state index in [2.05, 4.69) is 0 Å². The quantitative estimate of drug-likeness (QED) is 0.568. The molecule has 1 rings (SSSR count). The summed E-state index contributed by atoms with van der Waals surface area (Å²) in [4.78, 5) is 44.8. The summed E-state index contributed by atoms with van der Waals surface area (Å²) in [6, 6.07) is 6.12. The van der Waals surface area contributed by atoms with Crippen molar-refractivity contribution in [3.05, 3.63) is 35.4 Å². The smallest absolute Gasteiger partial charge is 0.170 e. The standard InChI is InChI=1S/C14H14O4/c1-9(15)7-13(17)8-14(18)12-5-3-11(4-6-12)10(2)16/h3-6H,7-8H2,1-2H3. The zero-order chi connectivity index (χ0) is 13.7. The van der Waals surface area contributed by atoms with Gasteiger partial charge in [0.25, 0.3) is 0 Å². The van der Waals surface area contributed by atoms with Gasteiger partial charge in [0.1, 0.15) is 11.6 Å². The van der Waals surface area contributed by atoms with E-state index in [4.69, 9.17) is 0 Å². The highest BCUT2D eigenvalue weighted by Crippen LogP contribution is 2.08. The largest absolute Gasteiger partial charge is 0.300 e. The average molecular weight is 246 g/mol. The summed E-state index contributed by atoms with van der Waals surface area (Å²) in [7, 11) is 0. The first-order valence-electron chi connectivity index (χ1n) is 5.55. The van der Waals surface area contributed by atoms with E-state index in [1.807, 2.05) is 0 Å². The summed E-state index contributed by atoms with van der Waals surface area (Å²) >= 11 is 0. The molecule has 0 bridgehead atoms. The zero-order valence-corrected chi connectivity index (χ0v) is 10.4. The maximum Gasteiger partial charge on any atom is 0.170 e. The van der Waals surface area contributed by atoms with Gasteiger partial charge in [-0.2, -0.15) is 0 Å². The summed E-state index contributed by atoms with van der Waals surface area (Å²) in [6.45, 7) is 2.75. The lowest BCUT2D eigenvalue weighted by atomic mass is 10.0. The number of hydrogen-bond acceptors (Lipinski definition) is 4. The van der Waals surface area contributed by atoms with E-state index in [1.54, 1.807) is 12.1 Å². The van der Waals surface area contributed by atoms with Gasteiger partial charge < -0.3 is 0 Å². The molecule has 0 heterocycles. The highest BCUT2D eigenvalue weighted by molar-refractivity contribution is 6.12. The molecule has 1 aromatic carbocycles. The predicted molar refractivity (Wildman–Crippen MR) is 65.7 cm³/mol. The van der Waals surface area contributed by atoms with Gasteiger partial charge in [-0.3, -0.25) is 19.2 Å². The molecule has 4 nitrogen and oxygen atoms in total. The van der Waals surface area contributed by atoms with Crippen molar-refractivity contribution in [3.63, 3.8) is 0 Å². The van der Waals surface area contributed by atoms with Gasteiger partial charge in [0.05, 0.1) is 12.8 Å². The third-order valence-electron chi connectivity index (χ3n) is 2.42. The molecular weight excluding hydrogens is 232 g/mol. The molecule has 1 aromatic rings. The SMILES string of the molecule is CC(=O)CC(=O)CC(=O)c1ccc(C(C)=O)cc1. The molecule has 0 fully saturated rings. The highest BCUT2D eigenvalue weighted by atomic mass is 16.2. The topological polar surface area (TPSA) is 68.3 Å². The maximum absolute atomic E-state index is 11.7. The lowest BCUT2D eigenvalue weighted by Gasteiger charge is -2.01. The van der Waals surface area contributed by atoms with Gasteiger partial charge >= 0.3 is 0 Å². The normalized spacial score (nSPS) is 9.89. The first-order valence-corrected chi connectivity index (χ1v) is 5.55. The minimum Gasteiger partial charge on any atom is -0.300 e. The minimum atomic E-state index is -0.386. The fourth-order valence-corrected chi connectivity index (χ4v) is 1.51. The van der Waals surface area contributed by atoms with Gasteiger partial charge in [-0.25, -0.2) is 0 Å². The van der Waals surface area contributed by atoms with Gasteiger partial charge in [-0.1, -0.05) is 24.3 Å². The molecule has 0 amide bonds. The molecule has 0 unspecified atom stereocenters. The van der Waals surface area contributed by atoms with E-state index in [1.165, 1.54) is 26.0 Å². The van der Waals surface area contributed by atoms with Crippen LogP contribution in [-0.4, -0.2) is 23.1 Å². The zero-order valence-electron chi connectivity index (χ0n) is 10.4. The Morgan fingerprint density at radius 1 is 0.833 bits per heavy atom. The highest BCUT2D eigenvalue weighted by Gasteiger charge is 2.13. The molecule has 0 radical (unpaired) electrons. The van der Waals surface area contributed by atoms with Gasteiger partial charge in [-0.15, -0.1) is 0 Å². The first kappa shape index (κ1) is 14.0. The number of benzene rings is 1. The van der Waals surface area contributed by atoms with Crippen molar-refractivity contribution in [2.45, 2.75) is 26.7 Å². The van der Waals surface area contributed by atoms with Crippen LogP contribution in [0.3, 0.4) is 0 Å². The Kier molecular flexibility index (Phi) is 4.66. The third-order valence-corrected chi connectivity index (χ3v) is 2.42. The molecule has 0 atom stereocenters. The Bertz CT molecular complexity index is 497. The van der Waals surface area contributed by atoms with Crippen LogP contribution in [-0.2, 0) is 9.59 Å². The van der Waals surface area contributed by atoms with Crippen molar-refractivity contribution in [2.24, 2.45) is 0 Å². The van der Waals surface area contributed by atoms with E-state index >= 15 is 0 Å². The Labute approximate surface area is 105 Å². The number of rotatable bonds is 6. The Morgan fingerprint density at radius 2 is 1.33 bits per heavy atom. The van der Waals surface area contributed by atoms with E-state index < -0.39 is 0 Å². The van der Waals surface area contributed by atoms with Crippen molar-refractivity contribution in [3.8, 4) is 0 Å². The molecule has 0 N–H and O–H groups in total. The summed E-state index contributed by atoms with van der Waals surface area (Å²) in [5.74, 6) is -1.05. The van der Waals surface area contributed by atoms with Crippen molar-refractivity contribution in [1.29, 1.82) is 0 Å². The number of carbonyl (C=O) groups is 4. The van der Waals surface area contributed by atoms with Crippen molar-refractivity contribution < 1.29 is 19.2 Å². The predicted octanol–water partition coefficient (Wildman–Crippen LogP) is 2.01. The molecule has 0 aliphatic carbocycles. The Hall–Kier alpha value is -2.10.